The first kappa shape index (κ1) is 13.9. The van der Waals surface area contributed by atoms with Gasteiger partial charge in [-0.05, 0) is 12.8 Å². The van der Waals surface area contributed by atoms with Gasteiger partial charge >= 0.3 is 18.4 Å². The Bertz CT molecular complexity index is 283. The lowest BCUT2D eigenvalue weighted by atomic mass is 10.4. The van der Waals surface area contributed by atoms with Gasteiger partial charge in [0.2, 0.25) is 0 Å². The van der Waals surface area contributed by atoms with Crippen LogP contribution in [0.15, 0.2) is 0 Å². The zero-order chi connectivity index (χ0) is 13.3. The highest BCUT2D eigenvalue weighted by atomic mass is 19.4. The smallest absolute Gasteiger partial charge is 0.329 e. The minimum atomic E-state index is -4.64. The molecule has 9 heteroatoms. The third kappa shape index (κ3) is 5.64. The number of rotatable bonds is 3. The molecule has 1 N–H and O–H groups in total. The summed E-state index contributed by atoms with van der Waals surface area (Å²) < 4.78 is 71.6. The second-order valence-corrected chi connectivity index (χ2v) is 3.75. The summed E-state index contributed by atoms with van der Waals surface area (Å²) in [7, 11) is 0. The van der Waals surface area contributed by atoms with E-state index >= 15 is 0 Å². The predicted octanol–water partition coefficient (Wildman–Crippen LogP) is 2.29. The Morgan fingerprint density at radius 1 is 1.12 bits per heavy atom. The van der Waals surface area contributed by atoms with Crippen LogP contribution in [0.5, 0.6) is 0 Å². The number of halogens is 6. The fraction of sp³-hybridized carbons (Fsp3) is 0.875. The van der Waals surface area contributed by atoms with Gasteiger partial charge in [-0.25, -0.2) is 4.79 Å². The van der Waals surface area contributed by atoms with Gasteiger partial charge < -0.3 is 10.2 Å². The highest BCUT2D eigenvalue weighted by Crippen LogP contribution is 2.30. The number of nitrogens with one attached hydrogen (secondary N) is 1. The van der Waals surface area contributed by atoms with E-state index in [0.717, 1.165) is 0 Å². The lowest BCUT2D eigenvalue weighted by molar-refractivity contribution is -0.142. The first-order chi connectivity index (χ1) is 7.58. The maximum Gasteiger partial charge on any atom is 0.406 e. The van der Waals surface area contributed by atoms with Crippen LogP contribution in [-0.2, 0) is 0 Å². The van der Waals surface area contributed by atoms with Crippen LogP contribution in [0.3, 0.4) is 0 Å². The molecule has 0 aromatic carbocycles. The lowest BCUT2D eigenvalue weighted by Gasteiger charge is -2.24. The highest BCUT2D eigenvalue weighted by molar-refractivity contribution is 5.75. The van der Waals surface area contributed by atoms with E-state index < -0.39 is 37.5 Å². The summed E-state index contributed by atoms with van der Waals surface area (Å²) in [6.07, 6.45) is -8.48. The Labute approximate surface area is 92.8 Å². The minimum absolute atomic E-state index is 0.384. The van der Waals surface area contributed by atoms with Crippen LogP contribution in [-0.4, -0.2) is 42.4 Å². The zero-order valence-electron chi connectivity index (χ0n) is 8.53. The van der Waals surface area contributed by atoms with Gasteiger partial charge in [0.25, 0.3) is 0 Å². The molecule has 1 aliphatic rings. The van der Waals surface area contributed by atoms with E-state index in [1.54, 1.807) is 0 Å². The van der Waals surface area contributed by atoms with E-state index in [9.17, 15) is 31.1 Å². The fourth-order valence-electron chi connectivity index (χ4n) is 1.22. The average Bonchev–Trinajstić information content (AvgIpc) is 2.90. The van der Waals surface area contributed by atoms with Crippen LogP contribution < -0.4 is 5.32 Å². The molecule has 0 aromatic rings. The number of hydrogen-bond donors (Lipinski definition) is 1. The molecule has 0 heterocycles. The molecule has 2 amide bonds. The molecule has 0 saturated heterocycles. The monoisotopic (exact) mass is 264 g/mol. The normalized spacial score (nSPS) is 16.8. The van der Waals surface area contributed by atoms with Crippen LogP contribution in [0.1, 0.15) is 12.8 Å². The van der Waals surface area contributed by atoms with Gasteiger partial charge in [0.15, 0.2) is 0 Å². The molecule has 0 unspecified atom stereocenters. The van der Waals surface area contributed by atoms with Gasteiger partial charge in [-0.1, -0.05) is 0 Å². The molecule has 1 rings (SSSR count). The van der Waals surface area contributed by atoms with Crippen molar-refractivity contribution >= 4 is 6.03 Å². The van der Waals surface area contributed by atoms with Gasteiger partial charge in [0.05, 0.1) is 0 Å². The summed E-state index contributed by atoms with van der Waals surface area (Å²) in [5, 5.41) is 1.43. The van der Waals surface area contributed by atoms with Crippen LogP contribution >= 0.6 is 0 Å². The van der Waals surface area contributed by atoms with Crippen molar-refractivity contribution in [3.8, 4) is 0 Å². The summed E-state index contributed by atoms with van der Waals surface area (Å²) in [5.74, 6) is 0. The van der Waals surface area contributed by atoms with Gasteiger partial charge in [0.1, 0.15) is 13.1 Å². The number of alkyl halides is 6. The molecule has 0 radical (unpaired) electrons. The molecule has 0 bridgehead atoms. The van der Waals surface area contributed by atoms with Crippen molar-refractivity contribution in [2.24, 2.45) is 0 Å². The van der Waals surface area contributed by atoms with Crippen molar-refractivity contribution < 1.29 is 31.1 Å². The maximum absolute atomic E-state index is 12.1. The second-order valence-electron chi connectivity index (χ2n) is 3.75. The Morgan fingerprint density at radius 2 is 1.65 bits per heavy atom. The van der Waals surface area contributed by atoms with Crippen LogP contribution in [0.4, 0.5) is 31.1 Å². The molecule has 1 fully saturated rings. The molecule has 1 aliphatic carbocycles. The largest absolute Gasteiger partial charge is 0.406 e. The number of amides is 2. The molecule has 100 valence electrons. The van der Waals surface area contributed by atoms with Crippen LogP contribution in [0.25, 0.3) is 0 Å². The van der Waals surface area contributed by atoms with Gasteiger partial charge in [-0.15, -0.1) is 0 Å². The number of nitrogens with zero attached hydrogens (tertiary/aromatic N) is 1. The van der Waals surface area contributed by atoms with E-state index in [2.05, 4.69) is 0 Å². The van der Waals surface area contributed by atoms with Gasteiger partial charge in [0, 0.05) is 6.04 Å². The zero-order valence-corrected chi connectivity index (χ0v) is 8.53. The van der Waals surface area contributed by atoms with Crippen LogP contribution in [0.2, 0.25) is 0 Å². The van der Waals surface area contributed by atoms with E-state index in [1.165, 1.54) is 5.32 Å². The van der Waals surface area contributed by atoms with Crippen molar-refractivity contribution in [3.63, 3.8) is 0 Å². The third-order valence-electron chi connectivity index (χ3n) is 2.04. The molecule has 0 aliphatic heterocycles. The minimum Gasteiger partial charge on any atom is -0.329 e. The second kappa shape index (κ2) is 4.61. The molecule has 0 spiro atoms. The molecule has 0 aromatic heterocycles. The van der Waals surface area contributed by atoms with Crippen molar-refractivity contribution in [1.82, 2.24) is 10.2 Å². The number of carbonyl (C=O) groups excluding carboxylic acids is 1. The van der Waals surface area contributed by atoms with E-state index in [1.807, 2.05) is 0 Å². The van der Waals surface area contributed by atoms with Crippen molar-refractivity contribution in [1.29, 1.82) is 0 Å². The molecule has 1 saturated carbocycles. The average molecular weight is 264 g/mol. The summed E-state index contributed by atoms with van der Waals surface area (Å²) in [5.41, 5.74) is 0. The number of urea groups is 1. The first-order valence-electron chi connectivity index (χ1n) is 4.76. The van der Waals surface area contributed by atoms with Crippen molar-refractivity contribution in [2.75, 3.05) is 13.1 Å². The summed E-state index contributed by atoms with van der Waals surface area (Å²) in [4.78, 5) is 11.6. The van der Waals surface area contributed by atoms with E-state index in [4.69, 9.17) is 0 Å². The standard InChI is InChI=1S/C8H10F6N2O/c9-7(10,11)3-15-6(17)16(5-1-2-5)4-8(12,13)14/h5H,1-4H2,(H,15,17). The SMILES string of the molecule is O=C(NCC(F)(F)F)N(CC(F)(F)F)C1CC1. The Morgan fingerprint density at radius 3 is 2.00 bits per heavy atom. The third-order valence-corrected chi connectivity index (χ3v) is 2.04. The maximum atomic E-state index is 12.1. The van der Waals surface area contributed by atoms with Crippen molar-refractivity contribution in [2.45, 2.75) is 31.2 Å². The highest BCUT2D eigenvalue weighted by Gasteiger charge is 2.41. The molecular formula is C8H10F6N2O. The molecule has 17 heavy (non-hydrogen) atoms. The Hall–Kier alpha value is -1.15. The first-order valence-corrected chi connectivity index (χ1v) is 4.76. The molecular weight excluding hydrogens is 254 g/mol. The number of hydrogen-bond acceptors (Lipinski definition) is 1. The summed E-state index contributed by atoms with van der Waals surface area (Å²) in [6.45, 7) is -3.16. The Kier molecular flexibility index (Phi) is 3.78. The Balaban J connectivity index is 2.50. The van der Waals surface area contributed by atoms with E-state index in [0.29, 0.717) is 17.7 Å². The summed E-state index contributed by atoms with van der Waals surface area (Å²) in [6, 6.07) is -1.94. The molecule has 0 atom stereocenters. The lowest BCUT2D eigenvalue weighted by Crippen LogP contribution is -2.48. The van der Waals surface area contributed by atoms with Gasteiger partial charge in [-0.3, -0.25) is 0 Å². The quantitative estimate of drug-likeness (QED) is 0.779. The van der Waals surface area contributed by atoms with Crippen LogP contribution in [0, 0.1) is 0 Å². The molecule has 3 nitrogen and oxygen atoms in total. The summed E-state index contributed by atoms with van der Waals surface area (Å²) >= 11 is 0. The predicted molar refractivity (Wildman–Crippen MR) is 45.2 cm³/mol. The fourth-order valence-corrected chi connectivity index (χ4v) is 1.22. The van der Waals surface area contributed by atoms with Crippen molar-refractivity contribution in [3.05, 3.63) is 0 Å². The number of carbonyl (C=O) groups is 1. The topological polar surface area (TPSA) is 32.3 Å². The van der Waals surface area contributed by atoms with E-state index in [-0.39, 0.29) is 0 Å². The van der Waals surface area contributed by atoms with Gasteiger partial charge in [-0.2, -0.15) is 26.3 Å².